The molecule has 3 aromatic heterocycles. The number of thiophene rings is 1. The molecule has 3 N–H and O–H groups in total. The van der Waals surface area contributed by atoms with Crippen molar-refractivity contribution in [3.63, 3.8) is 0 Å². The minimum Gasteiger partial charge on any atom is -0.365 e. The average molecular weight is 467 g/mol. The Morgan fingerprint density at radius 1 is 1.22 bits per heavy atom. The predicted octanol–water partition coefficient (Wildman–Crippen LogP) is 3.77. The molecular weight excluding hydrogens is 444 g/mol. The molecule has 32 heavy (non-hydrogen) atoms. The number of thioether (sulfide) groups is 1. The highest BCUT2D eigenvalue weighted by Crippen LogP contribution is 2.38. The molecule has 0 unspecified atom stereocenters. The molecule has 3 heterocycles. The third kappa shape index (κ3) is 3.63. The Kier molecular flexibility index (Phi) is 5.56. The Balaban J connectivity index is 1.35. The van der Waals surface area contributed by atoms with Crippen LogP contribution < -0.4 is 11.1 Å². The number of nitrogens with zero attached hydrogens (tertiary/aromatic N) is 4. The van der Waals surface area contributed by atoms with Crippen molar-refractivity contribution < 1.29 is 9.59 Å². The highest BCUT2D eigenvalue weighted by Gasteiger charge is 2.25. The maximum atomic E-state index is 12.6. The summed E-state index contributed by atoms with van der Waals surface area (Å²) in [5.41, 5.74) is 9.66. The smallest absolute Gasteiger partial charge is 0.251 e. The van der Waals surface area contributed by atoms with Crippen LogP contribution in [0.2, 0.25) is 0 Å². The molecule has 0 fully saturated rings. The number of benzene rings is 1. The molecule has 0 saturated heterocycles. The first-order valence-corrected chi connectivity index (χ1v) is 12.4. The van der Waals surface area contributed by atoms with Crippen LogP contribution in [0.15, 0.2) is 29.4 Å². The fourth-order valence-corrected chi connectivity index (χ4v) is 6.17. The van der Waals surface area contributed by atoms with Gasteiger partial charge in [-0.2, -0.15) is 0 Å². The van der Waals surface area contributed by atoms with Gasteiger partial charge in [0.1, 0.15) is 10.5 Å². The summed E-state index contributed by atoms with van der Waals surface area (Å²) in [7, 11) is 0. The molecule has 0 aliphatic heterocycles. The Morgan fingerprint density at radius 3 is 2.84 bits per heavy atom. The summed E-state index contributed by atoms with van der Waals surface area (Å²) in [4.78, 5) is 30.5. The van der Waals surface area contributed by atoms with Crippen LogP contribution in [-0.4, -0.2) is 37.3 Å². The summed E-state index contributed by atoms with van der Waals surface area (Å²) in [5, 5.41) is 13.5. The Morgan fingerprint density at radius 2 is 2.03 bits per heavy atom. The molecule has 10 heteroatoms. The van der Waals surface area contributed by atoms with Gasteiger partial charge in [-0.3, -0.25) is 9.59 Å². The van der Waals surface area contributed by atoms with Gasteiger partial charge in [-0.05, 0) is 44.2 Å². The number of nitrogens with two attached hydrogens (primary N) is 1. The molecule has 0 radical (unpaired) electrons. The van der Waals surface area contributed by atoms with E-state index in [1.807, 2.05) is 24.3 Å². The van der Waals surface area contributed by atoms with Crippen molar-refractivity contribution in [1.29, 1.82) is 0 Å². The van der Waals surface area contributed by atoms with E-state index >= 15 is 0 Å². The second-order valence-electron chi connectivity index (χ2n) is 7.64. The van der Waals surface area contributed by atoms with Crippen molar-refractivity contribution in [2.24, 2.45) is 5.73 Å². The highest BCUT2D eigenvalue weighted by atomic mass is 32.2. The SMILES string of the molecule is CCn1c2ccccc2c2nnc(SCC(=O)Nc3sc4c(c3C(N)=O)CCCC4)nc21. The van der Waals surface area contributed by atoms with E-state index in [-0.39, 0.29) is 11.7 Å². The van der Waals surface area contributed by atoms with Crippen molar-refractivity contribution in [1.82, 2.24) is 19.7 Å². The van der Waals surface area contributed by atoms with Crippen LogP contribution in [0.4, 0.5) is 5.00 Å². The second-order valence-corrected chi connectivity index (χ2v) is 9.69. The quantitative estimate of drug-likeness (QED) is 0.418. The number of hydrogen-bond donors (Lipinski definition) is 2. The lowest BCUT2D eigenvalue weighted by Gasteiger charge is -2.11. The van der Waals surface area contributed by atoms with E-state index in [0.717, 1.165) is 64.7 Å². The molecule has 0 bridgehead atoms. The molecule has 164 valence electrons. The van der Waals surface area contributed by atoms with Crippen LogP contribution >= 0.6 is 23.1 Å². The summed E-state index contributed by atoms with van der Waals surface area (Å²) >= 11 is 2.68. The lowest BCUT2D eigenvalue weighted by Crippen LogP contribution is -2.19. The fourth-order valence-electron chi connectivity index (χ4n) is 4.28. The zero-order chi connectivity index (χ0) is 22.2. The molecule has 0 atom stereocenters. The van der Waals surface area contributed by atoms with Crippen LogP contribution in [0, 0.1) is 0 Å². The van der Waals surface area contributed by atoms with Crippen LogP contribution in [0.1, 0.15) is 40.6 Å². The van der Waals surface area contributed by atoms with Gasteiger partial charge < -0.3 is 15.6 Å². The first kappa shape index (κ1) is 20.9. The summed E-state index contributed by atoms with van der Waals surface area (Å²) < 4.78 is 2.10. The van der Waals surface area contributed by atoms with Crippen molar-refractivity contribution in [2.45, 2.75) is 44.3 Å². The molecule has 1 aromatic carbocycles. The van der Waals surface area contributed by atoms with Crippen LogP contribution in [0.25, 0.3) is 22.1 Å². The fraction of sp³-hybridized carbons (Fsp3) is 0.318. The third-order valence-electron chi connectivity index (χ3n) is 5.67. The van der Waals surface area contributed by atoms with Crippen LogP contribution in [0.3, 0.4) is 0 Å². The largest absolute Gasteiger partial charge is 0.365 e. The number of hydrogen-bond acceptors (Lipinski definition) is 7. The normalized spacial score (nSPS) is 13.4. The predicted molar refractivity (Wildman–Crippen MR) is 127 cm³/mol. The Bertz CT molecular complexity index is 1360. The number of fused-ring (bicyclic) bond motifs is 4. The Hall–Kier alpha value is -2.98. The standard InChI is InChI=1S/C22H22N6O2S2/c1-2-28-14-9-5-3-7-12(14)18-20(28)25-22(27-26-18)31-11-16(29)24-21-17(19(23)30)13-8-4-6-10-15(13)32-21/h3,5,7,9H,2,4,6,8,10-11H2,1H3,(H2,23,30)(H,24,29). The molecule has 4 aromatic rings. The lowest BCUT2D eigenvalue weighted by atomic mass is 9.95. The van der Waals surface area contributed by atoms with Gasteiger partial charge >= 0.3 is 0 Å². The minimum absolute atomic E-state index is 0.111. The van der Waals surface area contributed by atoms with E-state index in [0.29, 0.717) is 15.7 Å². The summed E-state index contributed by atoms with van der Waals surface area (Å²) in [5.74, 6) is -0.603. The molecule has 0 saturated carbocycles. The maximum Gasteiger partial charge on any atom is 0.251 e. The van der Waals surface area contributed by atoms with E-state index in [2.05, 4.69) is 32.0 Å². The van der Waals surface area contributed by atoms with Crippen LogP contribution in [-0.2, 0) is 24.2 Å². The van der Waals surface area contributed by atoms with Gasteiger partial charge in [0.05, 0.1) is 16.8 Å². The van der Waals surface area contributed by atoms with E-state index in [1.165, 1.54) is 23.1 Å². The zero-order valence-electron chi connectivity index (χ0n) is 17.6. The summed E-state index contributed by atoms with van der Waals surface area (Å²) in [6, 6.07) is 8.01. The maximum absolute atomic E-state index is 12.6. The van der Waals surface area contributed by atoms with Gasteiger partial charge in [-0.25, -0.2) is 4.98 Å². The van der Waals surface area contributed by atoms with Gasteiger partial charge in [-0.15, -0.1) is 21.5 Å². The molecule has 2 amide bonds. The van der Waals surface area contributed by atoms with Gasteiger partial charge in [-0.1, -0.05) is 30.0 Å². The molecular formula is C22H22N6O2S2. The number of aromatic nitrogens is 4. The number of rotatable bonds is 6. The summed E-state index contributed by atoms with van der Waals surface area (Å²) in [6.07, 6.45) is 3.89. The number of para-hydroxylation sites is 1. The molecule has 5 rings (SSSR count). The van der Waals surface area contributed by atoms with E-state index < -0.39 is 5.91 Å². The molecule has 1 aliphatic carbocycles. The van der Waals surface area contributed by atoms with Crippen molar-refractivity contribution in [3.8, 4) is 0 Å². The van der Waals surface area contributed by atoms with E-state index in [1.54, 1.807) is 0 Å². The highest BCUT2D eigenvalue weighted by molar-refractivity contribution is 7.99. The number of anilines is 1. The molecule has 0 spiro atoms. The van der Waals surface area contributed by atoms with Crippen molar-refractivity contribution in [3.05, 3.63) is 40.3 Å². The van der Waals surface area contributed by atoms with Gasteiger partial charge in [0.15, 0.2) is 5.65 Å². The zero-order valence-corrected chi connectivity index (χ0v) is 19.2. The van der Waals surface area contributed by atoms with Crippen molar-refractivity contribution >= 4 is 62.0 Å². The molecule has 8 nitrogen and oxygen atoms in total. The number of primary amides is 1. The van der Waals surface area contributed by atoms with Gasteiger partial charge in [0.2, 0.25) is 11.1 Å². The number of aryl methyl sites for hydroxylation is 2. The second kappa shape index (κ2) is 8.51. The summed E-state index contributed by atoms with van der Waals surface area (Å²) in [6.45, 7) is 2.82. The number of nitrogens with one attached hydrogen (secondary N) is 1. The number of carbonyl (C=O) groups excluding carboxylic acids is 2. The van der Waals surface area contributed by atoms with Gasteiger partial charge in [0, 0.05) is 16.8 Å². The van der Waals surface area contributed by atoms with E-state index in [9.17, 15) is 9.59 Å². The van der Waals surface area contributed by atoms with Gasteiger partial charge in [0.25, 0.3) is 5.91 Å². The first-order chi connectivity index (χ1) is 15.6. The number of carbonyl (C=O) groups is 2. The lowest BCUT2D eigenvalue weighted by molar-refractivity contribution is -0.113. The number of amides is 2. The molecule has 1 aliphatic rings. The third-order valence-corrected chi connectivity index (χ3v) is 7.72. The average Bonchev–Trinajstić information content (AvgIpc) is 3.32. The van der Waals surface area contributed by atoms with Crippen molar-refractivity contribution in [2.75, 3.05) is 11.1 Å². The van der Waals surface area contributed by atoms with Crippen LogP contribution in [0.5, 0.6) is 0 Å². The minimum atomic E-state index is -0.488. The monoisotopic (exact) mass is 466 g/mol. The Labute approximate surface area is 192 Å². The van der Waals surface area contributed by atoms with E-state index in [4.69, 9.17) is 5.73 Å². The topological polar surface area (TPSA) is 116 Å². The first-order valence-electron chi connectivity index (χ1n) is 10.6.